The van der Waals surface area contributed by atoms with Gasteiger partial charge < -0.3 is 83.3 Å². The lowest BCUT2D eigenvalue weighted by Crippen LogP contribution is -2.51. The summed E-state index contributed by atoms with van der Waals surface area (Å²) in [5.41, 5.74) is 12.0. The van der Waals surface area contributed by atoms with Crippen molar-refractivity contribution in [1.82, 2.24) is 45.5 Å². The quantitative estimate of drug-likeness (QED) is 0.00303. The van der Waals surface area contributed by atoms with Crippen molar-refractivity contribution in [3.63, 3.8) is 0 Å². The van der Waals surface area contributed by atoms with Gasteiger partial charge in [-0.1, -0.05) is 242 Å². The number of oxazole rings is 4. The van der Waals surface area contributed by atoms with Crippen molar-refractivity contribution in [2.75, 3.05) is 89.7 Å². The van der Waals surface area contributed by atoms with Crippen LogP contribution in [0.15, 0.2) is 219 Å². The summed E-state index contributed by atoms with van der Waals surface area (Å²) in [6, 6.07) is 52.3. The van der Waals surface area contributed by atoms with Crippen molar-refractivity contribution in [3.05, 3.63) is 197 Å². The second kappa shape index (κ2) is 63.7. The molecule has 36 heteroatoms. The lowest BCUT2D eigenvalue weighted by molar-refractivity contribution is -0.904. The number of quaternary nitrogens is 1. The highest BCUT2D eigenvalue weighted by Crippen LogP contribution is 2.30. The third-order valence-corrected chi connectivity index (χ3v) is 24.0. The van der Waals surface area contributed by atoms with Gasteiger partial charge in [-0.2, -0.15) is 4.31 Å². The fourth-order valence-electron chi connectivity index (χ4n) is 11.7. The number of hydrogen-bond donors (Lipinski definition) is 8. The molecule has 5 heterocycles. The normalized spacial score (nSPS) is 13.4. The number of rotatable bonds is 30. The van der Waals surface area contributed by atoms with Crippen LogP contribution in [0.2, 0.25) is 0 Å². The molecule has 0 spiro atoms. The minimum Gasteiger partial charge on any atom is -0.444 e. The maximum Gasteiger partial charge on any atom is 0.407 e. The number of thioether (sulfide) groups is 3. The summed E-state index contributed by atoms with van der Waals surface area (Å²) in [5.74, 6) is 1.15. The molecule has 12 rings (SSSR count). The van der Waals surface area contributed by atoms with Crippen LogP contribution in [0.4, 0.5) is 14.4 Å². The monoisotopic (exact) mass is 2130 g/mol. The Bertz CT molecular complexity index is 5400. The molecule has 0 aliphatic carbocycles. The van der Waals surface area contributed by atoms with Gasteiger partial charge in [0.1, 0.15) is 39.5 Å². The van der Waals surface area contributed by atoms with Gasteiger partial charge >= 0.3 is 18.3 Å². The summed E-state index contributed by atoms with van der Waals surface area (Å²) in [5, 5.41) is 35.2. The number of carbonyl (C=O) groups excluding carboxylic acids is 3. The number of carbonyl (C=O) groups is 3. The Morgan fingerprint density at radius 2 is 0.897 bits per heavy atom. The number of aromatic nitrogens is 4. The standard InChI is InChI=1S/C27H37N3O6S2.C19H32N2O3.C15H21NO3.C8H6ClNO3S2.C8H7NOS.C7H5NOS.C7H18N.C4H11N.2C2H6.CH3I/c1-18(2)16-30(38(33,34)20-12-13-21-24(15-20)35-26(29-21)37-6)17-23(31)22(14-19-10-8-7-9-11-19)28-25(32)36-27(3,4)5;1-14(2)12-20-13-17(22)16(11-15-9-7-6-8-10-15)21-18(23)24-19(3,4)5;1-15(2,3)19-14(17)16-12(13-10-18-13)9-11-7-5-4-6-8-11;1-14-8-10-6-3-2-5(15(9,11)12)4-7(6)13-8;1-11-8-9-6-4-2-3-5-7(6)10-8;10-7-8-5-3-1-2-4-6(5)9-7;1-5-8(4,6-2)7-3;1-4(2)3-5;3*1-2/h7-13,15,18,22-23,31H,14,16-17H2,1-6H3,(H,28,32);6-10,14,16-17,20,22H,11-13H2,1-5H3,(H,21,23);4-8,12-13H,9-10H2,1-3H3,(H,16,17);2-4H,1H3;2-5H,1H3;1-4H,(H,8,10);5-7H2,1-4H3;4H,3,5H2,1-2H3;2*1-2H3;1H3/q;;;;;;+1;;;;. The summed E-state index contributed by atoms with van der Waals surface area (Å²) in [6.45, 7) is 49.7. The Morgan fingerprint density at radius 1 is 0.529 bits per heavy atom. The molecule has 3 amide bonds. The van der Waals surface area contributed by atoms with Crippen LogP contribution < -0.4 is 27.0 Å². The number of alkyl halides is 1. The number of benzene rings is 7. The molecule has 1 saturated heterocycles. The van der Waals surface area contributed by atoms with Crippen molar-refractivity contribution in [3.8, 4) is 0 Å². The van der Waals surface area contributed by atoms with E-state index in [1.165, 1.54) is 93.5 Å². The van der Waals surface area contributed by atoms with E-state index in [2.05, 4.69) is 119 Å². The predicted molar refractivity (Wildman–Crippen MR) is 569 cm³/mol. The topological polar surface area (TPSA) is 385 Å². The largest absolute Gasteiger partial charge is 0.444 e. The van der Waals surface area contributed by atoms with E-state index < -0.39 is 72.4 Å². The van der Waals surface area contributed by atoms with Crippen molar-refractivity contribution < 1.29 is 82.5 Å². The number of epoxide rings is 1. The van der Waals surface area contributed by atoms with Crippen LogP contribution in [-0.4, -0.2) is 217 Å². The van der Waals surface area contributed by atoms with Gasteiger partial charge in [0.15, 0.2) is 22.3 Å². The number of para-hydroxylation sites is 4. The van der Waals surface area contributed by atoms with Crippen LogP contribution in [0.25, 0.3) is 44.4 Å². The van der Waals surface area contributed by atoms with Crippen molar-refractivity contribution in [1.29, 1.82) is 0 Å². The summed E-state index contributed by atoms with van der Waals surface area (Å²) in [6.07, 6.45) is 3.80. The first-order valence-electron chi connectivity index (χ1n) is 45.6. The molecule has 7 aromatic carbocycles. The fraction of sp³-hybridized carbons (Fsp3) is 0.510. The number of ether oxygens (including phenoxy) is 4. The van der Waals surface area contributed by atoms with Gasteiger partial charge in [-0.3, -0.25) is 0 Å². The molecule has 11 aromatic rings. The number of nitrogens with two attached hydrogens (primary N) is 1. The van der Waals surface area contributed by atoms with Crippen LogP contribution >= 0.6 is 80.8 Å². The zero-order chi connectivity index (χ0) is 103. The molecule has 136 heavy (non-hydrogen) atoms. The van der Waals surface area contributed by atoms with E-state index in [0.717, 1.165) is 58.1 Å². The number of aliphatic hydroxyl groups excluding tert-OH is 2. The molecule has 9 N–H and O–H groups in total. The van der Waals surface area contributed by atoms with Crippen LogP contribution in [-0.2, 0) is 57.3 Å². The molecule has 1 aliphatic rings. The number of aromatic amines is 1. The molecule has 758 valence electrons. The maximum atomic E-state index is 13.7. The molecule has 28 nitrogen and oxygen atoms in total. The van der Waals surface area contributed by atoms with Crippen LogP contribution in [0.3, 0.4) is 0 Å². The Balaban J connectivity index is 0.000000556. The van der Waals surface area contributed by atoms with Gasteiger partial charge in [0, 0.05) is 42.4 Å². The highest BCUT2D eigenvalue weighted by molar-refractivity contribution is 14.1. The van der Waals surface area contributed by atoms with E-state index in [1.54, 1.807) is 32.9 Å². The number of nitrogens with zero attached hydrogens (tertiary/aromatic N) is 5. The molecule has 0 bridgehead atoms. The molecular weight excluding hydrogens is 1980 g/mol. The van der Waals surface area contributed by atoms with Crippen molar-refractivity contribution >= 4 is 163 Å². The molecule has 6 unspecified atom stereocenters. The van der Waals surface area contributed by atoms with Gasteiger partial charge in [-0.25, -0.2) is 46.2 Å². The zero-order valence-corrected chi connectivity index (χ0v) is 92.3. The minimum absolute atomic E-state index is 0.0135. The van der Waals surface area contributed by atoms with Crippen LogP contribution in [0, 0.1) is 22.6 Å². The first-order chi connectivity index (χ1) is 64.1. The van der Waals surface area contributed by atoms with Crippen LogP contribution in [0.1, 0.15) is 169 Å². The molecule has 1 fully saturated rings. The summed E-state index contributed by atoms with van der Waals surface area (Å²) < 4.78 is 94.8. The van der Waals surface area contributed by atoms with Gasteiger partial charge in [-0.05, 0) is 234 Å². The minimum atomic E-state index is -4.01. The van der Waals surface area contributed by atoms with E-state index in [1.807, 2.05) is 246 Å². The fourth-order valence-corrected chi connectivity index (χ4v) is 15.4. The van der Waals surface area contributed by atoms with Gasteiger partial charge in [-0.15, -0.1) is 0 Å². The number of halogens is 2. The number of sulfonamides is 1. The van der Waals surface area contributed by atoms with Crippen LogP contribution in [0.5, 0.6) is 0 Å². The second-order valence-corrected chi connectivity index (χ2v) is 42.2. The first kappa shape index (κ1) is 124. The first-order valence-corrected chi connectivity index (χ1v) is 55.6. The number of hydrogen-bond acceptors (Lipinski definition) is 26. The number of H-pyrrole nitrogens is 1. The number of nitrogens with one attached hydrogen (secondary N) is 5. The van der Waals surface area contributed by atoms with E-state index in [4.69, 9.17) is 65.2 Å². The third-order valence-electron chi connectivity index (χ3n) is 19.1. The van der Waals surface area contributed by atoms with Gasteiger partial charge in [0.25, 0.3) is 29.6 Å². The molecule has 6 atom stereocenters. The molecular formula is C100H152ClIN11O17S6+. The number of amides is 3. The average molecular weight is 2140 g/mol. The van der Waals surface area contributed by atoms with Gasteiger partial charge in [0.05, 0.1) is 78.9 Å². The van der Waals surface area contributed by atoms with E-state index in [0.29, 0.717) is 68.9 Å². The zero-order valence-electron chi connectivity index (χ0n) is 84.5. The van der Waals surface area contributed by atoms with Crippen molar-refractivity contribution in [2.45, 2.75) is 250 Å². The molecule has 0 saturated carbocycles. The summed E-state index contributed by atoms with van der Waals surface area (Å²) in [4.78, 5) is 54.5. The van der Waals surface area contributed by atoms with E-state index >= 15 is 0 Å². The van der Waals surface area contributed by atoms with E-state index in [9.17, 15) is 41.4 Å². The maximum absolute atomic E-state index is 13.7. The Kier molecular flexibility index (Phi) is 58.2. The smallest absolute Gasteiger partial charge is 0.407 e. The SMILES string of the molecule is CC.CC.CC(C)(C)OC(=O)NC(Cc1ccccc1)C1CO1.CC(C)CN.CC(C)CNCC(O)C(Cc1ccccc1)NC(=O)OC(C)(C)C.CC[N+](C)(CC)CC.CI.CSc1nc2ccc(S(=O)(=O)Cl)cc2o1.CSc1nc2ccc(S(=O)(=O)N(CC(C)C)CC(O)C(Cc3ccccc3)NC(=O)OC(C)(C)C)cc2o1.CSc1nc2ccccc2o1.S=c1[nH]c2ccccc2o1. The summed E-state index contributed by atoms with van der Waals surface area (Å²) >= 11 is 11.1. The highest BCUT2D eigenvalue weighted by Gasteiger charge is 2.36. The number of aliphatic hydroxyl groups is 2. The van der Waals surface area contributed by atoms with Crippen molar-refractivity contribution in [2.24, 2.45) is 23.5 Å². The van der Waals surface area contributed by atoms with E-state index in [-0.39, 0.29) is 53.5 Å². The predicted octanol–water partition coefficient (Wildman–Crippen LogP) is 22.7. The Hall–Kier alpha value is -7.86. The highest BCUT2D eigenvalue weighted by atomic mass is 127. The molecule has 1 aliphatic heterocycles. The summed E-state index contributed by atoms with van der Waals surface area (Å²) in [7, 11) is -0.227. The average Bonchev–Trinajstić information content (AvgIpc) is 1.46. The second-order valence-electron chi connectivity index (χ2n) is 35.0. The Labute approximate surface area is 844 Å². The Morgan fingerprint density at radius 3 is 1.26 bits per heavy atom. The number of alkyl carbamates (subject to hydrolysis) is 3. The number of fused-ring (bicyclic) bond motifs is 4. The third kappa shape index (κ3) is 49.8. The lowest BCUT2D eigenvalue weighted by atomic mass is 10.0. The molecule has 0 radical (unpaired) electrons. The molecule has 4 aromatic heterocycles. The lowest BCUT2D eigenvalue weighted by Gasteiger charge is -2.31. The van der Waals surface area contributed by atoms with Gasteiger partial charge in [0.2, 0.25) is 10.0 Å².